The van der Waals surface area contributed by atoms with Crippen LogP contribution in [0.25, 0.3) is 5.57 Å². The van der Waals surface area contributed by atoms with E-state index in [1.165, 1.54) is 16.7 Å². The molecule has 1 aromatic carbocycles. The van der Waals surface area contributed by atoms with Crippen LogP contribution in [-0.4, -0.2) is 0 Å². The molecule has 1 aliphatic rings. The molecule has 3 rings (SSSR count). The molecule has 0 unspecified atom stereocenters. The second-order valence-electron chi connectivity index (χ2n) is 3.85. The molecule has 0 aliphatic heterocycles. The molecule has 0 atom stereocenters. The van der Waals surface area contributed by atoms with Crippen LogP contribution >= 0.6 is 0 Å². The first kappa shape index (κ1) is 8.54. The van der Waals surface area contributed by atoms with Crippen LogP contribution in [0.5, 0.6) is 0 Å². The molecule has 0 bridgehead atoms. The molecule has 1 heterocycles. The first-order valence-electron chi connectivity index (χ1n) is 5.23. The van der Waals surface area contributed by atoms with E-state index in [2.05, 4.69) is 30.3 Å². The summed E-state index contributed by atoms with van der Waals surface area (Å²) in [5.74, 6) is 1.04. The Labute approximate surface area is 89.0 Å². The summed E-state index contributed by atoms with van der Waals surface area (Å²) in [6.45, 7) is 0. The van der Waals surface area contributed by atoms with Gasteiger partial charge in [-0.2, -0.15) is 0 Å². The molecule has 0 amide bonds. The Morgan fingerprint density at radius 2 is 2.00 bits per heavy atom. The lowest BCUT2D eigenvalue weighted by Gasteiger charge is -2.03. The highest BCUT2D eigenvalue weighted by Crippen LogP contribution is 2.29. The summed E-state index contributed by atoms with van der Waals surface area (Å²) in [5.41, 5.74) is 4.20. The van der Waals surface area contributed by atoms with Gasteiger partial charge in [-0.3, -0.25) is 0 Å². The van der Waals surface area contributed by atoms with Crippen molar-refractivity contribution in [3.63, 3.8) is 0 Å². The average Bonchev–Trinajstić information content (AvgIpc) is 2.89. The van der Waals surface area contributed by atoms with E-state index in [0.717, 1.165) is 18.6 Å². The quantitative estimate of drug-likeness (QED) is 0.716. The predicted octanol–water partition coefficient (Wildman–Crippen LogP) is 3.46. The molecular formula is C14H12O. The van der Waals surface area contributed by atoms with Crippen LogP contribution in [0.1, 0.15) is 16.9 Å². The Morgan fingerprint density at radius 3 is 2.87 bits per heavy atom. The van der Waals surface area contributed by atoms with Gasteiger partial charge in [0.2, 0.25) is 0 Å². The van der Waals surface area contributed by atoms with Crippen molar-refractivity contribution in [2.75, 3.05) is 0 Å². The van der Waals surface area contributed by atoms with Gasteiger partial charge < -0.3 is 4.42 Å². The number of allylic oxidation sites excluding steroid dienone is 2. The van der Waals surface area contributed by atoms with Crippen molar-refractivity contribution in [1.82, 2.24) is 0 Å². The monoisotopic (exact) mass is 196 g/mol. The van der Waals surface area contributed by atoms with E-state index in [0.29, 0.717) is 0 Å². The number of rotatable bonds is 2. The number of hydrogen-bond acceptors (Lipinski definition) is 1. The van der Waals surface area contributed by atoms with Crippen LogP contribution in [0.2, 0.25) is 0 Å². The molecule has 1 aliphatic carbocycles. The zero-order chi connectivity index (χ0) is 10.1. The van der Waals surface area contributed by atoms with Gasteiger partial charge in [0.05, 0.1) is 6.26 Å². The van der Waals surface area contributed by atoms with E-state index >= 15 is 0 Å². The van der Waals surface area contributed by atoms with E-state index in [4.69, 9.17) is 4.42 Å². The second-order valence-corrected chi connectivity index (χ2v) is 3.85. The summed E-state index contributed by atoms with van der Waals surface area (Å²) in [6, 6.07) is 12.6. The maximum absolute atomic E-state index is 5.37. The average molecular weight is 196 g/mol. The summed E-state index contributed by atoms with van der Waals surface area (Å²) in [6.07, 6.45) is 6.00. The first-order valence-corrected chi connectivity index (χ1v) is 5.23. The molecule has 0 radical (unpaired) electrons. The highest BCUT2D eigenvalue weighted by atomic mass is 16.3. The third-order valence-electron chi connectivity index (χ3n) is 2.88. The van der Waals surface area contributed by atoms with Crippen LogP contribution in [-0.2, 0) is 12.8 Å². The Bertz CT molecular complexity index is 492. The maximum atomic E-state index is 5.37. The minimum absolute atomic E-state index is 0.907. The highest BCUT2D eigenvalue weighted by molar-refractivity contribution is 5.74. The fraction of sp³-hybridized carbons (Fsp3) is 0.143. The van der Waals surface area contributed by atoms with Gasteiger partial charge in [-0.15, -0.1) is 0 Å². The second kappa shape index (κ2) is 3.43. The summed E-state index contributed by atoms with van der Waals surface area (Å²) < 4.78 is 5.37. The lowest BCUT2D eigenvalue weighted by molar-refractivity contribution is 0.525. The molecular weight excluding hydrogens is 184 g/mol. The van der Waals surface area contributed by atoms with Gasteiger partial charge >= 0.3 is 0 Å². The van der Waals surface area contributed by atoms with Gasteiger partial charge in [0, 0.05) is 6.42 Å². The van der Waals surface area contributed by atoms with Crippen molar-refractivity contribution in [3.8, 4) is 0 Å². The van der Waals surface area contributed by atoms with Gasteiger partial charge in [0.1, 0.15) is 5.76 Å². The van der Waals surface area contributed by atoms with E-state index in [1.807, 2.05) is 12.1 Å². The number of benzene rings is 1. The van der Waals surface area contributed by atoms with Crippen molar-refractivity contribution in [1.29, 1.82) is 0 Å². The molecule has 0 N–H and O–H groups in total. The Kier molecular flexibility index (Phi) is 1.95. The summed E-state index contributed by atoms with van der Waals surface area (Å²) in [4.78, 5) is 0. The van der Waals surface area contributed by atoms with Crippen LogP contribution in [0, 0.1) is 0 Å². The fourth-order valence-electron chi connectivity index (χ4n) is 2.12. The molecule has 0 spiro atoms. The predicted molar refractivity (Wildman–Crippen MR) is 60.5 cm³/mol. The van der Waals surface area contributed by atoms with Crippen molar-refractivity contribution >= 4 is 5.57 Å². The number of fused-ring (bicyclic) bond motifs is 1. The molecule has 1 aromatic heterocycles. The molecule has 0 saturated carbocycles. The standard InChI is InChI=1S/C14H12O/c1-2-6-14-11(4-1)7-8-12(14)10-13-5-3-9-15-13/h1-6,8-9H,7,10H2. The smallest absolute Gasteiger partial charge is 0.108 e. The van der Waals surface area contributed by atoms with Gasteiger partial charge in [-0.1, -0.05) is 30.3 Å². The molecule has 0 fully saturated rings. The fourth-order valence-corrected chi connectivity index (χ4v) is 2.12. The number of furan rings is 1. The minimum Gasteiger partial charge on any atom is -0.469 e. The van der Waals surface area contributed by atoms with Gasteiger partial charge in [-0.05, 0) is 35.3 Å². The molecule has 2 aromatic rings. The largest absolute Gasteiger partial charge is 0.469 e. The molecule has 1 heteroatoms. The van der Waals surface area contributed by atoms with Gasteiger partial charge in [0.15, 0.2) is 0 Å². The lowest BCUT2D eigenvalue weighted by Crippen LogP contribution is -1.87. The van der Waals surface area contributed by atoms with Crippen LogP contribution in [0.15, 0.2) is 53.2 Å². The van der Waals surface area contributed by atoms with E-state index < -0.39 is 0 Å². The van der Waals surface area contributed by atoms with E-state index in [-0.39, 0.29) is 0 Å². The Hall–Kier alpha value is -1.76. The summed E-state index contributed by atoms with van der Waals surface area (Å²) in [7, 11) is 0. The van der Waals surface area contributed by atoms with Crippen LogP contribution in [0.4, 0.5) is 0 Å². The maximum Gasteiger partial charge on any atom is 0.108 e. The molecule has 1 nitrogen and oxygen atoms in total. The van der Waals surface area contributed by atoms with E-state index in [1.54, 1.807) is 6.26 Å². The third-order valence-corrected chi connectivity index (χ3v) is 2.88. The van der Waals surface area contributed by atoms with Crippen LogP contribution < -0.4 is 0 Å². The number of hydrogen-bond donors (Lipinski definition) is 0. The van der Waals surface area contributed by atoms with Crippen molar-refractivity contribution < 1.29 is 4.42 Å². The van der Waals surface area contributed by atoms with Crippen molar-refractivity contribution in [2.24, 2.45) is 0 Å². The van der Waals surface area contributed by atoms with Crippen molar-refractivity contribution in [3.05, 3.63) is 65.6 Å². The first-order chi connectivity index (χ1) is 7.43. The van der Waals surface area contributed by atoms with Crippen LogP contribution in [0.3, 0.4) is 0 Å². The van der Waals surface area contributed by atoms with E-state index in [9.17, 15) is 0 Å². The molecule has 0 saturated heterocycles. The zero-order valence-electron chi connectivity index (χ0n) is 8.44. The summed E-state index contributed by atoms with van der Waals surface area (Å²) >= 11 is 0. The Morgan fingerprint density at radius 1 is 1.07 bits per heavy atom. The third kappa shape index (κ3) is 1.50. The topological polar surface area (TPSA) is 13.1 Å². The van der Waals surface area contributed by atoms with Gasteiger partial charge in [0.25, 0.3) is 0 Å². The normalized spacial score (nSPS) is 13.7. The highest BCUT2D eigenvalue weighted by Gasteiger charge is 2.13. The van der Waals surface area contributed by atoms with Crippen molar-refractivity contribution in [2.45, 2.75) is 12.8 Å². The lowest BCUT2D eigenvalue weighted by atomic mass is 10.0. The molecule has 74 valence electrons. The van der Waals surface area contributed by atoms with Gasteiger partial charge in [-0.25, -0.2) is 0 Å². The minimum atomic E-state index is 0.907. The molecule has 15 heavy (non-hydrogen) atoms. The summed E-state index contributed by atoms with van der Waals surface area (Å²) in [5, 5.41) is 0. The SMILES string of the molecule is C1=C(Cc2ccco2)c2ccccc2C1. The Balaban J connectivity index is 1.91. The zero-order valence-corrected chi connectivity index (χ0v) is 8.44.